The first-order valence-electron chi connectivity index (χ1n) is 8.98. The number of fused-ring (bicyclic) bond motifs is 1. The largest absolute Gasteiger partial charge is 0.466 e. The summed E-state index contributed by atoms with van der Waals surface area (Å²) in [4.78, 5) is 42.8. The summed E-state index contributed by atoms with van der Waals surface area (Å²) < 4.78 is 6.53. The van der Waals surface area contributed by atoms with E-state index in [1.807, 2.05) is 6.07 Å². The third-order valence-corrected chi connectivity index (χ3v) is 4.69. The maximum atomic E-state index is 12.5. The van der Waals surface area contributed by atoms with Gasteiger partial charge in [0.1, 0.15) is 0 Å². The second-order valence-electron chi connectivity index (χ2n) is 6.44. The van der Waals surface area contributed by atoms with Crippen LogP contribution >= 0.6 is 0 Å². The molecule has 0 aliphatic carbocycles. The molecule has 26 heavy (non-hydrogen) atoms. The van der Waals surface area contributed by atoms with Crippen LogP contribution in [0.5, 0.6) is 0 Å². The first kappa shape index (κ1) is 18.1. The molecule has 1 aliphatic heterocycles. The number of amides is 1. The Bertz CT molecular complexity index is 861. The predicted octanol–water partition coefficient (Wildman–Crippen LogP) is 1.59. The molecule has 1 aromatic carbocycles. The van der Waals surface area contributed by atoms with E-state index in [1.54, 1.807) is 30.0 Å². The average molecular weight is 357 g/mol. The molecule has 1 aliphatic rings. The molecule has 3 rings (SSSR count). The average Bonchev–Trinajstić information content (AvgIpc) is 2.68. The molecule has 0 unspecified atom stereocenters. The zero-order valence-electron chi connectivity index (χ0n) is 14.9. The highest BCUT2D eigenvalue weighted by molar-refractivity contribution is 5.79. The molecule has 1 saturated heterocycles. The molecule has 0 radical (unpaired) electrons. The molecular formula is C19H23N3O4. The summed E-state index contributed by atoms with van der Waals surface area (Å²) in [6.07, 6.45) is 3.22. The Morgan fingerprint density at radius 1 is 1.31 bits per heavy atom. The van der Waals surface area contributed by atoms with Crippen LogP contribution in [0.25, 0.3) is 10.9 Å². The van der Waals surface area contributed by atoms with Gasteiger partial charge < -0.3 is 9.64 Å². The van der Waals surface area contributed by atoms with Crippen molar-refractivity contribution in [2.24, 2.45) is 5.92 Å². The van der Waals surface area contributed by atoms with E-state index >= 15 is 0 Å². The molecule has 1 aromatic heterocycles. The van der Waals surface area contributed by atoms with Gasteiger partial charge in [0.25, 0.3) is 5.56 Å². The number of likely N-dealkylation sites (tertiary alicyclic amines) is 1. The highest BCUT2D eigenvalue weighted by Gasteiger charge is 2.29. The van der Waals surface area contributed by atoms with E-state index in [1.165, 1.54) is 10.9 Å². The van der Waals surface area contributed by atoms with Crippen LogP contribution in [0.15, 0.2) is 35.4 Å². The Labute approximate surface area is 151 Å². The summed E-state index contributed by atoms with van der Waals surface area (Å²) in [7, 11) is 0. The number of ether oxygens (including phenoxy) is 1. The number of nitrogens with zero attached hydrogens (tertiary/aromatic N) is 3. The Morgan fingerprint density at radius 2 is 2.12 bits per heavy atom. The van der Waals surface area contributed by atoms with Crippen molar-refractivity contribution >= 4 is 22.8 Å². The van der Waals surface area contributed by atoms with Gasteiger partial charge in [-0.25, -0.2) is 4.98 Å². The number of aromatic nitrogens is 2. The molecule has 7 heteroatoms. The lowest BCUT2D eigenvalue weighted by atomic mass is 9.98. The molecule has 0 spiro atoms. The Balaban J connectivity index is 1.63. The second kappa shape index (κ2) is 8.12. The monoisotopic (exact) mass is 357 g/mol. The summed E-state index contributed by atoms with van der Waals surface area (Å²) in [6.45, 7) is 3.43. The molecule has 2 aromatic rings. The van der Waals surface area contributed by atoms with Gasteiger partial charge in [-0.05, 0) is 31.9 Å². The van der Waals surface area contributed by atoms with E-state index in [0.29, 0.717) is 30.6 Å². The van der Waals surface area contributed by atoms with Crippen molar-refractivity contribution in [2.45, 2.75) is 32.7 Å². The van der Waals surface area contributed by atoms with Crippen LogP contribution in [0.1, 0.15) is 26.2 Å². The van der Waals surface area contributed by atoms with Crippen molar-refractivity contribution in [3.63, 3.8) is 0 Å². The van der Waals surface area contributed by atoms with Gasteiger partial charge >= 0.3 is 5.97 Å². The van der Waals surface area contributed by atoms with E-state index in [9.17, 15) is 14.4 Å². The lowest BCUT2D eigenvalue weighted by molar-refractivity contribution is -0.151. The summed E-state index contributed by atoms with van der Waals surface area (Å²) in [5, 5.41) is 0.544. The molecular weight excluding hydrogens is 334 g/mol. The van der Waals surface area contributed by atoms with E-state index in [-0.39, 0.29) is 36.3 Å². The zero-order chi connectivity index (χ0) is 18.5. The molecule has 0 bridgehead atoms. The summed E-state index contributed by atoms with van der Waals surface area (Å²) in [5.74, 6) is -0.545. The number of rotatable bonds is 5. The van der Waals surface area contributed by atoms with E-state index in [4.69, 9.17) is 4.74 Å². The highest BCUT2D eigenvalue weighted by Crippen LogP contribution is 2.18. The second-order valence-corrected chi connectivity index (χ2v) is 6.44. The number of hydrogen-bond acceptors (Lipinski definition) is 5. The van der Waals surface area contributed by atoms with E-state index < -0.39 is 0 Å². The number of hydrogen-bond donors (Lipinski definition) is 0. The fourth-order valence-corrected chi connectivity index (χ4v) is 3.30. The molecule has 138 valence electrons. The third-order valence-electron chi connectivity index (χ3n) is 4.69. The SMILES string of the molecule is CCOC(=O)[C@@H]1CCCN(C(=O)CCn2cnc3ccccc3c2=O)C1. The standard InChI is InChI=1S/C19H23N3O4/c1-2-26-19(25)14-6-5-10-21(12-14)17(23)9-11-22-13-20-16-8-4-3-7-15(16)18(22)24/h3-4,7-8,13-14H,2,5-6,9-12H2,1H3/t14-/m1/s1. The van der Waals surface area contributed by atoms with Crippen molar-refractivity contribution in [1.82, 2.24) is 14.5 Å². The van der Waals surface area contributed by atoms with Gasteiger partial charge in [-0.2, -0.15) is 0 Å². The van der Waals surface area contributed by atoms with Gasteiger partial charge in [-0.15, -0.1) is 0 Å². The van der Waals surface area contributed by atoms with E-state index in [0.717, 1.165) is 12.8 Å². The lowest BCUT2D eigenvalue weighted by Crippen LogP contribution is -2.43. The maximum Gasteiger partial charge on any atom is 0.310 e. The Morgan fingerprint density at radius 3 is 2.92 bits per heavy atom. The summed E-state index contributed by atoms with van der Waals surface area (Å²) >= 11 is 0. The normalized spacial score (nSPS) is 17.3. The number of aryl methyl sites for hydroxylation is 1. The van der Waals surface area contributed by atoms with E-state index in [2.05, 4.69) is 4.98 Å². The van der Waals surface area contributed by atoms with Gasteiger partial charge in [0, 0.05) is 26.1 Å². The zero-order valence-corrected chi connectivity index (χ0v) is 14.9. The molecule has 0 N–H and O–H groups in total. The van der Waals surface area contributed by atoms with Gasteiger partial charge in [0.15, 0.2) is 0 Å². The first-order chi connectivity index (χ1) is 12.6. The van der Waals surface area contributed by atoms with Crippen molar-refractivity contribution < 1.29 is 14.3 Å². The van der Waals surface area contributed by atoms with Gasteiger partial charge in [0.2, 0.25) is 5.91 Å². The van der Waals surface area contributed by atoms with Crippen LogP contribution in [-0.4, -0.2) is 46.0 Å². The van der Waals surface area contributed by atoms with Crippen LogP contribution in [-0.2, 0) is 20.9 Å². The third kappa shape index (κ3) is 3.92. The highest BCUT2D eigenvalue weighted by atomic mass is 16.5. The van der Waals surface area contributed by atoms with Gasteiger partial charge in [-0.3, -0.25) is 19.0 Å². The number of esters is 1. The van der Waals surface area contributed by atoms with Crippen molar-refractivity contribution in [2.75, 3.05) is 19.7 Å². The molecule has 1 fully saturated rings. The quantitative estimate of drug-likeness (QED) is 0.759. The van der Waals surface area contributed by atoms with Crippen LogP contribution < -0.4 is 5.56 Å². The minimum absolute atomic E-state index is 0.0564. The van der Waals surface area contributed by atoms with Crippen LogP contribution in [0, 0.1) is 5.92 Å². The van der Waals surface area contributed by atoms with Crippen LogP contribution in [0.2, 0.25) is 0 Å². The number of carbonyl (C=O) groups excluding carboxylic acids is 2. The van der Waals surface area contributed by atoms with Crippen LogP contribution in [0.4, 0.5) is 0 Å². The minimum Gasteiger partial charge on any atom is -0.466 e. The molecule has 1 amide bonds. The molecule has 0 saturated carbocycles. The Kier molecular flexibility index (Phi) is 5.65. The number of para-hydroxylation sites is 1. The van der Waals surface area contributed by atoms with Crippen LogP contribution in [0.3, 0.4) is 0 Å². The summed E-state index contributed by atoms with van der Waals surface area (Å²) in [6, 6.07) is 7.15. The molecule has 2 heterocycles. The first-order valence-corrected chi connectivity index (χ1v) is 8.98. The Hall–Kier alpha value is -2.70. The van der Waals surface area contributed by atoms with Gasteiger partial charge in [0.05, 0.1) is 29.8 Å². The van der Waals surface area contributed by atoms with Crippen molar-refractivity contribution in [3.05, 3.63) is 40.9 Å². The number of carbonyl (C=O) groups is 2. The fourth-order valence-electron chi connectivity index (χ4n) is 3.30. The smallest absolute Gasteiger partial charge is 0.310 e. The number of benzene rings is 1. The lowest BCUT2D eigenvalue weighted by Gasteiger charge is -2.31. The molecule has 7 nitrogen and oxygen atoms in total. The number of piperidine rings is 1. The van der Waals surface area contributed by atoms with Crippen molar-refractivity contribution in [3.8, 4) is 0 Å². The summed E-state index contributed by atoms with van der Waals surface area (Å²) in [5.41, 5.74) is 0.500. The predicted molar refractivity (Wildman–Crippen MR) is 96.6 cm³/mol. The fraction of sp³-hybridized carbons (Fsp3) is 0.474. The minimum atomic E-state index is -0.252. The van der Waals surface area contributed by atoms with Crippen molar-refractivity contribution in [1.29, 1.82) is 0 Å². The topological polar surface area (TPSA) is 81.5 Å². The van der Waals surface area contributed by atoms with Gasteiger partial charge in [-0.1, -0.05) is 12.1 Å². The maximum absolute atomic E-state index is 12.5. The molecule has 1 atom stereocenters.